The van der Waals surface area contributed by atoms with Gasteiger partial charge < -0.3 is 5.32 Å². The molecule has 0 fully saturated rings. The zero-order valence-corrected chi connectivity index (χ0v) is 11.5. The lowest BCUT2D eigenvalue weighted by atomic mass is 10.0. The number of fused-ring (bicyclic) bond motifs is 1. The highest BCUT2D eigenvalue weighted by Gasteiger charge is 2.21. The minimum atomic E-state index is 0.384. The summed E-state index contributed by atoms with van der Waals surface area (Å²) in [4.78, 5) is 0. The largest absolute Gasteiger partial charge is 0.374 e. The molecule has 0 spiro atoms. The van der Waals surface area contributed by atoms with Crippen molar-refractivity contribution in [3.05, 3.63) is 46.8 Å². The summed E-state index contributed by atoms with van der Waals surface area (Å²) in [5.41, 5.74) is 6.18. The van der Waals surface area contributed by atoms with E-state index in [1.807, 2.05) is 18.7 Å². The van der Waals surface area contributed by atoms with Gasteiger partial charge >= 0.3 is 0 Å². The van der Waals surface area contributed by atoms with Crippen LogP contribution in [0.3, 0.4) is 0 Å². The summed E-state index contributed by atoms with van der Waals surface area (Å²) >= 11 is 1.99. The van der Waals surface area contributed by atoms with Crippen LogP contribution in [0.4, 0.5) is 5.69 Å². The van der Waals surface area contributed by atoms with Crippen LogP contribution >= 0.6 is 11.8 Å². The second-order valence-electron chi connectivity index (χ2n) is 4.72. The van der Waals surface area contributed by atoms with Gasteiger partial charge in [0, 0.05) is 11.5 Å². The fourth-order valence-electron chi connectivity index (χ4n) is 2.44. The molecule has 2 aromatic rings. The van der Waals surface area contributed by atoms with E-state index in [4.69, 9.17) is 0 Å². The molecule has 3 rings (SSSR count). The molecule has 2 N–H and O–H groups in total. The Morgan fingerprint density at radius 1 is 1.33 bits per heavy atom. The van der Waals surface area contributed by atoms with Gasteiger partial charge in [0.2, 0.25) is 0 Å². The molecule has 1 aliphatic rings. The molecule has 1 unspecified atom stereocenters. The van der Waals surface area contributed by atoms with E-state index in [2.05, 4.69) is 46.7 Å². The van der Waals surface area contributed by atoms with Crippen molar-refractivity contribution in [2.45, 2.75) is 25.6 Å². The Morgan fingerprint density at radius 3 is 2.94 bits per heavy atom. The number of thioether (sulfide) groups is 1. The molecule has 4 heteroatoms. The molecular formula is C14H17N3S. The molecule has 2 heterocycles. The van der Waals surface area contributed by atoms with Gasteiger partial charge in [-0.05, 0) is 25.0 Å². The van der Waals surface area contributed by atoms with Crippen LogP contribution in [-0.4, -0.2) is 16.0 Å². The number of hydrogen-bond acceptors (Lipinski definition) is 3. The normalized spacial score (nSPS) is 18.4. The van der Waals surface area contributed by atoms with E-state index in [0.717, 1.165) is 28.6 Å². The first kappa shape index (κ1) is 11.7. The van der Waals surface area contributed by atoms with Crippen LogP contribution in [0.1, 0.15) is 28.6 Å². The lowest BCUT2D eigenvalue weighted by Crippen LogP contribution is -2.19. The Hall–Kier alpha value is -1.42. The number of aromatic nitrogens is 2. The van der Waals surface area contributed by atoms with Crippen LogP contribution < -0.4 is 5.32 Å². The van der Waals surface area contributed by atoms with Gasteiger partial charge in [0.15, 0.2) is 0 Å². The Labute approximate surface area is 111 Å². The van der Waals surface area contributed by atoms with Gasteiger partial charge in [-0.15, -0.1) is 0 Å². The maximum Gasteiger partial charge on any atom is 0.0825 e. The van der Waals surface area contributed by atoms with E-state index in [-0.39, 0.29) is 0 Å². The molecule has 0 amide bonds. The van der Waals surface area contributed by atoms with Crippen molar-refractivity contribution in [2.24, 2.45) is 0 Å². The molecule has 18 heavy (non-hydrogen) atoms. The van der Waals surface area contributed by atoms with Crippen LogP contribution in [0.15, 0.2) is 24.3 Å². The molecule has 0 radical (unpaired) electrons. The number of benzene rings is 1. The second-order valence-corrected chi connectivity index (χ2v) is 5.75. The molecule has 0 bridgehead atoms. The summed E-state index contributed by atoms with van der Waals surface area (Å²) < 4.78 is 0. The first-order chi connectivity index (χ1) is 8.75. The van der Waals surface area contributed by atoms with E-state index in [0.29, 0.717) is 6.04 Å². The molecular weight excluding hydrogens is 242 g/mol. The van der Waals surface area contributed by atoms with Crippen LogP contribution in [-0.2, 0) is 5.75 Å². The number of aromatic amines is 1. The molecule has 0 saturated carbocycles. The fourth-order valence-corrected chi connectivity index (χ4v) is 3.54. The molecule has 1 atom stereocenters. The first-order valence-electron chi connectivity index (χ1n) is 6.19. The van der Waals surface area contributed by atoms with Gasteiger partial charge in [-0.3, -0.25) is 5.10 Å². The number of nitrogens with zero attached hydrogens (tertiary/aromatic N) is 1. The van der Waals surface area contributed by atoms with Crippen molar-refractivity contribution in [1.29, 1.82) is 0 Å². The van der Waals surface area contributed by atoms with Gasteiger partial charge in [-0.2, -0.15) is 16.9 Å². The van der Waals surface area contributed by atoms with Crippen LogP contribution in [0.2, 0.25) is 0 Å². The zero-order chi connectivity index (χ0) is 12.5. The highest BCUT2D eigenvalue weighted by molar-refractivity contribution is 7.98. The van der Waals surface area contributed by atoms with E-state index in [1.54, 1.807) is 0 Å². The highest BCUT2D eigenvalue weighted by Crippen LogP contribution is 2.34. The monoisotopic (exact) mass is 259 g/mol. The highest BCUT2D eigenvalue weighted by atomic mass is 32.2. The minimum absolute atomic E-state index is 0.384. The van der Waals surface area contributed by atoms with Crippen molar-refractivity contribution in [3.63, 3.8) is 0 Å². The predicted molar refractivity (Wildman–Crippen MR) is 77.0 cm³/mol. The average Bonchev–Trinajstić information content (AvgIpc) is 2.71. The summed E-state index contributed by atoms with van der Waals surface area (Å²) in [7, 11) is 0. The van der Waals surface area contributed by atoms with Crippen LogP contribution in [0, 0.1) is 13.8 Å². The molecule has 1 aromatic heterocycles. The van der Waals surface area contributed by atoms with Gasteiger partial charge in [0.05, 0.1) is 23.1 Å². The number of anilines is 1. The molecule has 0 aliphatic carbocycles. The molecule has 0 saturated heterocycles. The Kier molecular flexibility index (Phi) is 3.04. The van der Waals surface area contributed by atoms with E-state index >= 15 is 0 Å². The van der Waals surface area contributed by atoms with Crippen molar-refractivity contribution in [3.8, 4) is 0 Å². The number of H-pyrrole nitrogens is 1. The second kappa shape index (κ2) is 4.69. The summed E-state index contributed by atoms with van der Waals surface area (Å²) in [6, 6.07) is 9.09. The smallest absolute Gasteiger partial charge is 0.0825 e. The summed E-state index contributed by atoms with van der Waals surface area (Å²) in [6.07, 6.45) is 0. The van der Waals surface area contributed by atoms with Crippen molar-refractivity contribution in [1.82, 2.24) is 10.2 Å². The maximum atomic E-state index is 4.24. The SMILES string of the molecule is Cc1n[nH]c(C)c1NC1CSCc2ccccc21. The number of hydrogen-bond donors (Lipinski definition) is 2. The van der Waals surface area contributed by atoms with Crippen molar-refractivity contribution >= 4 is 17.4 Å². The lowest BCUT2D eigenvalue weighted by Gasteiger charge is -2.27. The topological polar surface area (TPSA) is 40.7 Å². The summed E-state index contributed by atoms with van der Waals surface area (Å²) in [6.45, 7) is 4.10. The molecule has 1 aliphatic heterocycles. The number of nitrogens with one attached hydrogen (secondary N) is 2. The van der Waals surface area contributed by atoms with Gasteiger partial charge in [0.1, 0.15) is 0 Å². The number of rotatable bonds is 2. The van der Waals surface area contributed by atoms with Crippen molar-refractivity contribution < 1.29 is 0 Å². The summed E-state index contributed by atoms with van der Waals surface area (Å²) in [5.74, 6) is 2.23. The zero-order valence-electron chi connectivity index (χ0n) is 10.7. The molecule has 1 aromatic carbocycles. The van der Waals surface area contributed by atoms with Crippen LogP contribution in [0.25, 0.3) is 0 Å². The average molecular weight is 259 g/mol. The maximum absolute atomic E-state index is 4.24. The summed E-state index contributed by atoms with van der Waals surface area (Å²) in [5, 5.41) is 10.9. The lowest BCUT2D eigenvalue weighted by molar-refractivity contribution is 0.867. The van der Waals surface area contributed by atoms with E-state index in [9.17, 15) is 0 Å². The van der Waals surface area contributed by atoms with Gasteiger partial charge in [-0.1, -0.05) is 24.3 Å². The standard InChI is InChI=1S/C14H17N3S/c1-9-14(10(2)17-16-9)15-13-8-18-7-11-5-3-4-6-12(11)13/h3-6,13,15H,7-8H2,1-2H3,(H,16,17). The Morgan fingerprint density at radius 2 is 2.17 bits per heavy atom. The number of aryl methyl sites for hydroxylation is 2. The fraction of sp³-hybridized carbons (Fsp3) is 0.357. The first-order valence-corrected chi connectivity index (χ1v) is 7.35. The van der Waals surface area contributed by atoms with E-state index in [1.165, 1.54) is 11.1 Å². The quantitative estimate of drug-likeness (QED) is 0.868. The van der Waals surface area contributed by atoms with Crippen molar-refractivity contribution in [2.75, 3.05) is 11.1 Å². The third-order valence-corrected chi connectivity index (χ3v) is 4.50. The Bertz CT molecular complexity index is 542. The van der Waals surface area contributed by atoms with Gasteiger partial charge in [0.25, 0.3) is 0 Å². The molecule has 94 valence electrons. The predicted octanol–water partition coefficient (Wildman–Crippen LogP) is 3.43. The van der Waals surface area contributed by atoms with Gasteiger partial charge in [-0.25, -0.2) is 0 Å². The van der Waals surface area contributed by atoms with Crippen LogP contribution in [0.5, 0.6) is 0 Å². The molecule has 3 nitrogen and oxygen atoms in total. The van der Waals surface area contributed by atoms with E-state index < -0.39 is 0 Å². The third kappa shape index (κ3) is 2.01. The third-order valence-electron chi connectivity index (χ3n) is 3.42. The minimum Gasteiger partial charge on any atom is -0.374 e. The Balaban J connectivity index is 1.91.